The van der Waals surface area contributed by atoms with Gasteiger partial charge in [0.15, 0.2) is 0 Å². The highest BCUT2D eigenvalue weighted by Gasteiger charge is 2.32. The molecule has 0 aliphatic heterocycles. The quantitative estimate of drug-likeness (QED) is 0.800. The lowest BCUT2D eigenvalue weighted by Gasteiger charge is -2.31. The monoisotopic (exact) mass is 289 g/mol. The molecule has 6 nitrogen and oxygen atoms in total. The maximum absolute atomic E-state index is 12.1. The molecule has 0 unspecified atom stereocenters. The normalized spacial score (nSPS) is 13.6. The van der Waals surface area contributed by atoms with Crippen molar-refractivity contribution in [3.8, 4) is 0 Å². The van der Waals surface area contributed by atoms with Gasteiger partial charge in [0.05, 0.1) is 0 Å². The minimum absolute atomic E-state index is 0.102. The van der Waals surface area contributed by atoms with Crippen LogP contribution in [0, 0.1) is 0 Å². The van der Waals surface area contributed by atoms with Gasteiger partial charge in [-0.25, -0.2) is 9.59 Å². The van der Waals surface area contributed by atoms with Gasteiger partial charge in [-0.1, -0.05) is 0 Å². The largest absolute Gasteiger partial charge is 0.458 e. The molecule has 0 aliphatic rings. The first-order valence-electron chi connectivity index (χ1n) is 6.67. The molecule has 118 valence electrons. The minimum atomic E-state index is -0.867. The van der Waals surface area contributed by atoms with Crippen LogP contribution in [0.15, 0.2) is 0 Å². The minimum Gasteiger partial charge on any atom is -0.458 e. The molecule has 0 spiro atoms. The Morgan fingerprint density at radius 3 is 1.85 bits per heavy atom. The lowest BCUT2D eigenvalue weighted by Crippen LogP contribution is -2.47. The summed E-state index contributed by atoms with van der Waals surface area (Å²) < 4.78 is 10.5. The number of esters is 1. The fourth-order valence-electron chi connectivity index (χ4n) is 1.42. The van der Waals surface area contributed by atoms with Gasteiger partial charge in [0.2, 0.25) is 0 Å². The molecule has 0 fully saturated rings. The van der Waals surface area contributed by atoms with Crippen LogP contribution in [0.4, 0.5) is 4.79 Å². The van der Waals surface area contributed by atoms with E-state index in [2.05, 4.69) is 0 Å². The Bertz CT molecular complexity index is 340. The average Bonchev–Trinajstić information content (AvgIpc) is 2.19. The molecular weight excluding hydrogens is 262 g/mol. The van der Waals surface area contributed by atoms with Gasteiger partial charge < -0.3 is 14.6 Å². The third kappa shape index (κ3) is 7.33. The Hall–Kier alpha value is -1.30. The van der Waals surface area contributed by atoms with Crippen LogP contribution < -0.4 is 0 Å². The van der Waals surface area contributed by atoms with Crippen molar-refractivity contribution in [2.45, 2.75) is 65.2 Å². The number of rotatable bonds is 4. The number of amides is 1. The molecule has 20 heavy (non-hydrogen) atoms. The summed E-state index contributed by atoms with van der Waals surface area (Å²) in [6, 6.07) is -0.867. The van der Waals surface area contributed by atoms with Crippen molar-refractivity contribution < 1.29 is 24.2 Å². The van der Waals surface area contributed by atoms with Crippen molar-refractivity contribution >= 4 is 12.1 Å². The molecule has 0 rings (SSSR count). The Labute approximate surface area is 121 Å². The van der Waals surface area contributed by atoms with Gasteiger partial charge in [-0.2, -0.15) is 0 Å². The summed E-state index contributed by atoms with van der Waals surface area (Å²) in [5, 5.41) is 9.06. The number of carbonyl (C=O) groups is 2. The molecule has 1 N–H and O–H groups in total. The number of ether oxygens (including phenoxy) is 2. The van der Waals surface area contributed by atoms with E-state index in [0.717, 1.165) is 4.90 Å². The molecule has 0 radical (unpaired) electrons. The lowest BCUT2D eigenvalue weighted by atomic mass is 10.1. The summed E-state index contributed by atoms with van der Waals surface area (Å²) in [5.41, 5.74) is -1.30. The van der Waals surface area contributed by atoms with E-state index < -0.39 is 29.3 Å². The second kappa shape index (κ2) is 6.92. The van der Waals surface area contributed by atoms with Gasteiger partial charge >= 0.3 is 12.1 Å². The van der Waals surface area contributed by atoms with E-state index in [-0.39, 0.29) is 13.0 Å². The second-order valence-electron chi connectivity index (χ2n) is 6.65. The van der Waals surface area contributed by atoms with Crippen LogP contribution in [0.3, 0.4) is 0 Å². The number of nitrogens with zero attached hydrogens (tertiary/aromatic N) is 1. The maximum atomic E-state index is 12.1. The third-order valence-electron chi connectivity index (χ3n) is 2.23. The summed E-state index contributed by atoms with van der Waals surface area (Å²) >= 11 is 0. The van der Waals surface area contributed by atoms with Crippen molar-refractivity contribution in [2.75, 3.05) is 13.7 Å². The standard InChI is InChI=1S/C14H27NO5/c1-13(2,3)19-11(17)10(8-9-16)15(7)12(18)20-14(4,5)6/h10,16H,8-9H2,1-7H3/t10-/m0/s1. The zero-order valence-corrected chi connectivity index (χ0v) is 13.5. The van der Waals surface area contributed by atoms with Crippen molar-refractivity contribution in [3.63, 3.8) is 0 Å². The zero-order valence-electron chi connectivity index (χ0n) is 13.5. The van der Waals surface area contributed by atoms with E-state index >= 15 is 0 Å². The number of carbonyl (C=O) groups excluding carboxylic acids is 2. The Morgan fingerprint density at radius 1 is 1.05 bits per heavy atom. The van der Waals surface area contributed by atoms with Crippen LogP contribution in [0.1, 0.15) is 48.0 Å². The molecule has 0 saturated carbocycles. The van der Waals surface area contributed by atoms with Crippen LogP contribution >= 0.6 is 0 Å². The number of hydrogen-bond acceptors (Lipinski definition) is 5. The molecule has 1 amide bonds. The van der Waals surface area contributed by atoms with E-state index in [1.54, 1.807) is 41.5 Å². The van der Waals surface area contributed by atoms with Gasteiger partial charge in [0, 0.05) is 20.1 Å². The lowest BCUT2D eigenvalue weighted by molar-refractivity contribution is -0.161. The summed E-state index contributed by atoms with van der Waals surface area (Å²) in [7, 11) is 1.46. The van der Waals surface area contributed by atoms with Crippen LogP contribution in [-0.4, -0.2) is 53.0 Å². The first-order chi connectivity index (χ1) is 8.87. The smallest absolute Gasteiger partial charge is 0.410 e. The van der Waals surface area contributed by atoms with E-state index in [4.69, 9.17) is 14.6 Å². The molecular formula is C14H27NO5. The summed E-state index contributed by atoms with van der Waals surface area (Å²) in [6.07, 6.45) is -0.521. The fourth-order valence-corrected chi connectivity index (χ4v) is 1.42. The molecule has 1 atom stereocenters. The first kappa shape index (κ1) is 18.7. The number of hydrogen-bond donors (Lipinski definition) is 1. The Morgan fingerprint density at radius 2 is 1.50 bits per heavy atom. The molecule has 6 heteroatoms. The van der Waals surface area contributed by atoms with E-state index in [1.807, 2.05) is 0 Å². The maximum Gasteiger partial charge on any atom is 0.410 e. The van der Waals surface area contributed by atoms with Crippen LogP contribution in [0.5, 0.6) is 0 Å². The van der Waals surface area contributed by atoms with Crippen LogP contribution in [0.2, 0.25) is 0 Å². The molecule has 0 saturated heterocycles. The van der Waals surface area contributed by atoms with Gasteiger partial charge in [0.1, 0.15) is 17.2 Å². The predicted molar refractivity (Wildman–Crippen MR) is 75.3 cm³/mol. The predicted octanol–water partition coefficient (Wildman–Crippen LogP) is 1.95. The molecule has 0 aromatic heterocycles. The van der Waals surface area contributed by atoms with Crippen molar-refractivity contribution in [1.29, 1.82) is 0 Å². The average molecular weight is 289 g/mol. The SMILES string of the molecule is CN(C(=O)OC(C)(C)C)[C@@H](CCO)C(=O)OC(C)(C)C. The molecule has 0 heterocycles. The van der Waals surface area contributed by atoms with Crippen molar-refractivity contribution in [2.24, 2.45) is 0 Å². The summed E-state index contributed by atoms with van der Waals surface area (Å²) in [4.78, 5) is 25.2. The number of likely N-dealkylation sites (N-methyl/N-ethyl adjacent to an activating group) is 1. The van der Waals surface area contributed by atoms with E-state index in [0.29, 0.717) is 0 Å². The highest BCUT2D eigenvalue weighted by molar-refractivity contribution is 5.81. The Balaban J connectivity index is 4.90. The highest BCUT2D eigenvalue weighted by atomic mass is 16.6. The van der Waals surface area contributed by atoms with Gasteiger partial charge in [-0.15, -0.1) is 0 Å². The molecule has 0 aliphatic carbocycles. The molecule has 0 aromatic rings. The van der Waals surface area contributed by atoms with Gasteiger partial charge in [0.25, 0.3) is 0 Å². The highest BCUT2D eigenvalue weighted by Crippen LogP contribution is 2.16. The number of aliphatic hydroxyl groups excluding tert-OH is 1. The molecule has 0 aromatic carbocycles. The topological polar surface area (TPSA) is 76.1 Å². The summed E-state index contributed by atoms with van der Waals surface area (Å²) in [6.45, 7) is 10.2. The van der Waals surface area contributed by atoms with E-state index in [1.165, 1.54) is 7.05 Å². The zero-order chi connectivity index (χ0) is 16.1. The van der Waals surface area contributed by atoms with Crippen LogP contribution in [-0.2, 0) is 14.3 Å². The Kier molecular flexibility index (Phi) is 6.47. The third-order valence-corrected chi connectivity index (χ3v) is 2.23. The van der Waals surface area contributed by atoms with Gasteiger partial charge in [-0.05, 0) is 41.5 Å². The number of aliphatic hydroxyl groups is 1. The van der Waals surface area contributed by atoms with Crippen molar-refractivity contribution in [3.05, 3.63) is 0 Å². The van der Waals surface area contributed by atoms with Crippen molar-refractivity contribution in [1.82, 2.24) is 4.90 Å². The van der Waals surface area contributed by atoms with Gasteiger partial charge in [-0.3, -0.25) is 4.90 Å². The first-order valence-corrected chi connectivity index (χ1v) is 6.67. The fraction of sp³-hybridized carbons (Fsp3) is 0.857. The molecule has 0 bridgehead atoms. The van der Waals surface area contributed by atoms with E-state index in [9.17, 15) is 9.59 Å². The summed E-state index contributed by atoms with van der Waals surface area (Å²) in [5.74, 6) is -0.556. The van der Waals surface area contributed by atoms with Crippen LogP contribution in [0.25, 0.3) is 0 Å². The second-order valence-corrected chi connectivity index (χ2v) is 6.65.